The average Bonchev–Trinajstić information content (AvgIpc) is 2.88. The Morgan fingerprint density at radius 2 is 1.18 bits per heavy atom. The van der Waals surface area contributed by atoms with E-state index in [1.54, 1.807) is 30.3 Å². The highest BCUT2D eigenvalue weighted by Gasteiger charge is 2.20. The Balaban J connectivity index is 1.86. The second kappa shape index (κ2) is 13.0. The summed E-state index contributed by atoms with van der Waals surface area (Å²) in [5, 5.41) is 19.2. The zero-order valence-corrected chi connectivity index (χ0v) is 23.0. The van der Waals surface area contributed by atoms with Crippen molar-refractivity contribution in [3.05, 3.63) is 83.4 Å². The topological polar surface area (TPSA) is 143 Å². The van der Waals surface area contributed by atoms with Gasteiger partial charge in [0.25, 0.3) is 0 Å². The minimum atomic E-state index is -0.931. The molecule has 0 heterocycles. The van der Waals surface area contributed by atoms with Gasteiger partial charge in [0.2, 0.25) is 11.8 Å². The minimum Gasteiger partial charge on any atom is -0.419 e. The first-order valence-corrected chi connectivity index (χ1v) is 12.6. The fourth-order valence-corrected chi connectivity index (χ4v) is 3.52. The Bertz CT molecular complexity index is 1380. The average molecular weight is 548 g/mol. The van der Waals surface area contributed by atoms with Crippen molar-refractivity contribution in [2.75, 3.05) is 17.2 Å². The number of carbonyl (C=O) groups excluding carboxylic acids is 4. The molecule has 0 aliphatic rings. The quantitative estimate of drug-likeness (QED) is 0.227. The Hall–Kier alpha value is -4.54. The molecule has 0 aliphatic heterocycles. The van der Waals surface area contributed by atoms with Crippen LogP contribution in [0.2, 0.25) is 0 Å². The number of benzene rings is 3. The van der Waals surface area contributed by atoms with Gasteiger partial charge in [0.05, 0.1) is 17.2 Å². The van der Waals surface area contributed by atoms with Gasteiger partial charge in [-0.3, -0.25) is 9.59 Å². The van der Waals surface area contributed by atoms with Crippen LogP contribution in [0.1, 0.15) is 67.0 Å². The third kappa shape index (κ3) is 9.04. The van der Waals surface area contributed by atoms with Gasteiger partial charge >= 0.3 is 11.9 Å². The number of hydrogen-bond donors (Lipinski definition) is 4. The largest absolute Gasteiger partial charge is 0.419 e. The number of aliphatic hydroxyl groups excluding tert-OH is 1. The molecule has 10 nitrogen and oxygen atoms in total. The van der Waals surface area contributed by atoms with Crippen molar-refractivity contribution >= 4 is 35.1 Å². The maximum Gasteiger partial charge on any atom is 0.343 e. The van der Waals surface area contributed by atoms with Gasteiger partial charge in [-0.05, 0) is 87.0 Å². The highest BCUT2D eigenvalue weighted by atomic mass is 16.6. The summed E-state index contributed by atoms with van der Waals surface area (Å²) in [5.74, 6) is -2.03. The van der Waals surface area contributed by atoms with Crippen LogP contribution in [0.5, 0.6) is 11.5 Å². The van der Waals surface area contributed by atoms with Crippen molar-refractivity contribution in [3.8, 4) is 11.5 Å². The van der Waals surface area contributed by atoms with E-state index >= 15 is 0 Å². The Morgan fingerprint density at radius 1 is 0.725 bits per heavy atom. The molecular formula is C30H33N3O7. The zero-order chi connectivity index (χ0) is 29.4. The third-order valence-corrected chi connectivity index (χ3v) is 5.47. The van der Waals surface area contributed by atoms with E-state index in [1.807, 2.05) is 20.8 Å². The number of anilines is 2. The zero-order valence-electron chi connectivity index (χ0n) is 23.0. The summed E-state index contributed by atoms with van der Waals surface area (Å²) in [4.78, 5) is 48.3. The summed E-state index contributed by atoms with van der Waals surface area (Å²) in [6.45, 7) is 8.89. The fourth-order valence-electron chi connectivity index (χ4n) is 3.52. The van der Waals surface area contributed by atoms with Crippen molar-refractivity contribution < 1.29 is 33.8 Å². The fraction of sp³-hybridized carbons (Fsp3) is 0.267. The lowest BCUT2D eigenvalue weighted by molar-refractivity contribution is -0.115. The number of nitrogens with one attached hydrogen (secondary N) is 3. The number of hydrogen-bond acceptors (Lipinski definition) is 8. The first kappa shape index (κ1) is 30.0. The molecule has 4 N–H and O–H groups in total. The smallest absolute Gasteiger partial charge is 0.343 e. The molecule has 0 spiro atoms. The van der Waals surface area contributed by atoms with Gasteiger partial charge < -0.3 is 30.5 Å². The van der Waals surface area contributed by atoms with E-state index < -0.39 is 18.0 Å². The van der Waals surface area contributed by atoms with Gasteiger partial charge in [-0.25, -0.2) is 9.59 Å². The molecule has 3 rings (SSSR count). The summed E-state index contributed by atoms with van der Waals surface area (Å²) in [6, 6.07) is 16.7. The van der Waals surface area contributed by atoms with Crippen LogP contribution in [0.3, 0.4) is 0 Å². The molecule has 0 aliphatic carbocycles. The van der Waals surface area contributed by atoms with Gasteiger partial charge in [-0.15, -0.1) is 0 Å². The minimum absolute atomic E-state index is 0.0288. The molecule has 0 aromatic heterocycles. The van der Waals surface area contributed by atoms with Crippen molar-refractivity contribution in [1.82, 2.24) is 5.32 Å². The Morgan fingerprint density at radius 3 is 1.60 bits per heavy atom. The molecule has 1 atom stereocenters. The number of β-amino-alcohol motifs (C(OH)–C–C–N with tert-alkyl or cyclic N) is 1. The van der Waals surface area contributed by atoms with Gasteiger partial charge in [0, 0.05) is 37.3 Å². The van der Waals surface area contributed by atoms with E-state index in [9.17, 15) is 24.3 Å². The van der Waals surface area contributed by atoms with Crippen LogP contribution < -0.4 is 25.4 Å². The van der Waals surface area contributed by atoms with Crippen LogP contribution in [0.25, 0.3) is 0 Å². The van der Waals surface area contributed by atoms with Crippen molar-refractivity contribution in [3.63, 3.8) is 0 Å². The molecule has 0 saturated carbocycles. The molecule has 210 valence electrons. The van der Waals surface area contributed by atoms with E-state index in [4.69, 9.17) is 9.47 Å². The first-order chi connectivity index (χ1) is 18.8. The molecule has 0 fully saturated rings. The molecular weight excluding hydrogens is 514 g/mol. The molecule has 3 aromatic rings. The van der Waals surface area contributed by atoms with Gasteiger partial charge in [0.15, 0.2) is 11.5 Å². The maximum absolute atomic E-state index is 13.0. The van der Waals surface area contributed by atoms with E-state index in [1.165, 1.54) is 50.2 Å². The predicted molar refractivity (Wildman–Crippen MR) is 151 cm³/mol. The number of ether oxygens (including phenoxy) is 2. The normalized spacial score (nSPS) is 11.8. The van der Waals surface area contributed by atoms with Crippen LogP contribution in [0.4, 0.5) is 11.4 Å². The summed E-state index contributed by atoms with van der Waals surface area (Å²) < 4.78 is 11.2. The predicted octanol–water partition coefficient (Wildman–Crippen LogP) is 4.46. The highest BCUT2D eigenvalue weighted by Crippen LogP contribution is 2.32. The number of rotatable bonds is 9. The lowest BCUT2D eigenvalue weighted by atomic mass is 10.1. The summed E-state index contributed by atoms with van der Waals surface area (Å²) >= 11 is 0. The monoisotopic (exact) mass is 547 g/mol. The molecule has 40 heavy (non-hydrogen) atoms. The van der Waals surface area contributed by atoms with Crippen LogP contribution in [-0.4, -0.2) is 40.9 Å². The molecule has 10 heteroatoms. The van der Waals surface area contributed by atoms with Crippen LogP contribution in [0.15, 0.2) is 66.7 Å². The summed E-state index contributed by atoms with van der Waals surface area (Å²) in [6.07, 6.45) is -0.931. The second-order valence-electron chi connectivity index (χ2n) is 10.1. The van der Waals surface area contributed by atoms with Gasteiger partial charge in [0.1, 0.15) is 0 Å². The number of esters is 2. The Labute approximate surface area is 232 Å². The lowest BCUT2D eigenvalue weighted by Crippen LogP contribution is -2.38. The van der Waals surface area contributed by atoms with E-state index in [0.717, 1.165) is 0 Å². The molecule has 0 bridgehead atoms. The van der Waals surface area contributed by atoms with E-state index in [0.29, 0.717) is 16.9 Å². The van der Waals surface area contributed by atoms with Crippen molar-refractivity contribution in [2.24, 2.45) is 0 Å². The molecule has 1 unspecified atom stereocenters. The van der Waals surface area contributed by atoms with Crippen molar-refractivity contribution in [1.29, 1.82) is 0 Å². The molecule has 0 saturated heterocycles. The summed E-state index contributed by atoms with van der Waals surface area (Å²) in [5.41, 5.74) is 1.65. The Kier molecular flexibility index (Phi) is 9.76. The standard InChI is InChI=1S/C30H33N3O7/c1-18(34)32-23-11-6-20(7-12-23)28(37)39-26-15-10-22(25(36)17-31-30(3,4)5)16-27(26)40-29(38)21-8-13-24(14-9-21)33-19(2)35/h6-16,25,31,36H,17H2,1-5H3,(H,32,34)(H,33,35). The first-order valence-electron chi connectivity index (χ1n) is 12.6. The second-order valence-corrected chi connectivity index (χ2v) is 10.1. The highest BCUT2D eigenvalue weighted by molar-refractivity contribution is 5.95. The van der Waals surface area contributed by atoms with Gasteiger partial charge in [-0.2, -0.15) is 0 Å². The maximum atomic E-state index is 13.0. The van der Waals surface area contributed by atoms with Gasteiger partial charge in [-0.1, -0.05) is 6.07 Å². The lowest BCUT2D eigenvalue weighted by Gasteiger charge is -2.23. The number of carbonyl (C=O) groups is 4. The number of amides is 2. The van der Waals surface area contributed by atoms with Crippen LogP contribution in [0, 0.1) is 0 Å². The summed E-state index contributed by atoms with van der Waals surface area (Å²) in [7, 11) is 0. The molecule has 0 radical (unpaired) electrons. The molecule has 3 aromatic carbocycles. The SMILES string of the molecule is CC(=O)Nc1ccc(C(=O)Oc2ccc(C(O)CNC(C)(C)C)cc2OC(=O)c2ccc(NC(C)=O)cc2)cc1. The van der Waals surface area contributed by atoms with E-state index in [2.05, 4.69) is 16.0 Å². The van der Waals surface area contributed by atoms with Crippen LogP contribution in [-0.2, 0) is 9.59 Å². The number of aliphatic hydroxyl groups is 1. The van der Waals surface area contributed by atoms with E-state index in [-0.39, 0.29) is 46.5 Å². The molecule has 2 amide bonds. The van der Waals surface area contributed by atoms with Crippen LogP contribution >= 0.6 is 0 Å². The van der Waals surface area contributed by atoms with Crippen molar-refractivity contribution in [2.45, 2.75) is 46.3 Å². The third-order valence-electron chi connectivity index (χ3n) is 5.47.